The number of carboxylic acids is 1. The van der Waals surface area contributed by atoms with E-state index in [1.807, 2.05) is 30.3 Å². The Hall–Kier alpha value is -2.36. The van der Waals surface area contributed by atoms with Gasteiger partial charge in [-0.05, 0) is 42.7 Å². The van der Waals surface area contributed by atoms with Gasteiger partial charge in [-0.3, -0.25) is 4.79 Å². The predicted molar refractivity (Wildman–Crippen MR) is 76.8 cm³/mol. The highest BCUT2D eigenvalue weighted by Gasteiger charge is 2.45. The van der Waals surface area contributed by atoms with Gasteiger partial charge in [0.2, 0.25) is 0 Å². The van der Waals surface area contributed by atoms with Crippen LogP contribution in [0.2, 0.25) is 0 Å². The summed E-state index contributed by atoms with van der Waals surface area (Å²) in [6.07, 6.45) is 4.20. The van der Waals surface area contributed by atoms with Gasteiger partial charge in [0, 0.05) is 22.5 Å². The zero-order chi connectivity index (χ0) is 13.7. The highest BCUT2D eigenvalue weighted by Crippen LogP contribution is 2.45. The van der Waals surface area contributed by atoms with Crippen molar-refractivity contribution in [3.63, 3.8) is 0 Å². The first-order valence-corrected chi connectivity index (χ1v) is 6.81. The molecule has 2 N–H and O–H groups in total. The number of aliphatic carboxylic acids is 1. The van der Waals surface area contributed by atoms with E-state index in [2.05, 4.69) is 9.97 Å². The van der Waals surface area contributed by atoms with E-state index in [-0.39, 0.29) is 0 Å². The van der Waals surface area contributed by atoms with Crippen molar-refractivity contribution in [2.45, 2.75) is 24.7 Å². The zero-order valence-electron chi connectivity index (χ0n) is 10.9. The minimum absolute atomic E-state index is 0.681. The second-order valence-electron chi connectivity index (χ2n) is 5.53. The van der Waals surface area contributed by atoms with Gasteiger partial charge in [0.15, 0.2) is 0 Å². The van der Waals surface area contributed by atoms with Crippen LogP contribution >= 0.6 is 0 Å². The highest BCUT2D eigenvalue weighted by molar-refractivity contribution is 6.06. The number of hydrogen-bond acceptors (Lipinski definition) is 2. The summed E-state index contributed by atoms with van der Waals surface area (Å²) in [5.74, 6) is -0.707. The molecule has 4 heteroatoms. The third-order valence-electron chi connectivity index (χ3n) is 4.54. The minimum atomic E-state index is -0.707. The first-order chi connectivity index (χ1) is 9.71. The molecule has 20 heavy (non-hydrogen) atoms. The molecule has 4 nitrogen and oxygen atoms in total. The molecule has 4 rings (SSSR count). The van der Waals surface area contributed by atoms with Crippen LogP contribution < -0.4 is 0 Å². The molecular formula is C16H14N2O2. The monoisotopic (exact) mass is 266 g/mol. The predicted octanol–water partition coefficient (Wildman–Crippen LogP) is 3.22. The Morgan fingerprint density at radius 2 is 2.10 bits per heavy atom. The van der Waals surface area contributed by atoms with Crippen LogP contribution in [0.3, 0.4) is 0 Å². The van der Waals surface area contributed by atoms with E-state index in [9.17, 15) is 9.90 Å². The lowest BCUT2D eigenvalue weighted by Crippen LogP contribution is -2.42. The van der Waals surface area contributed by atoms with E-state index in [0.717, 1.165) is 46.8 Å². The van der Waals surface area contributed by atoms with Crippen molar-refractivity contribution >= 4 is 27.9 Å². The maximum absolute atomic E-state index is 11.6. The van der Waals surface area contributed by atoms with E-state index in [1.54, 1.807) is 6.20 Å². The molecule has 1 saturated carbocycles. The van der Waals surface area contributed by atoms with E-state index >= 15 is 0 Å². The maximum atomic E-state index is 11.6. The lowest BCUT2D eigenvalue weighted by molar-refractivity contribution is -0.147. The van der Waals surface area contributed by atoms with Gasteiger partial charge < -0.3 is 10.1 Å². The quantitative estimate of drug-likeness (QED) is 0.748. The van der Waals surface area contributed by atoms with Crippen LogP contribution in [-0.2, 0) is 10.2 Å². The maximum Gasteiger partial charge on any atom is 0.314 e. The van der Waals surface area contributed by atoms with E-state index in [1.165, 1.54) is 0 Å². The molecule has 0 radical (unpaired) electrons. The Labute approximate surface area is 115 Å². The molecule has 0 atom stereocenters. The van der Waals surface area contributed by atoms with Gasteiger partial charge in [-0.2, -0.15) is 0 Å². The number of carbonyl (C=O) groups is 1. The van der Waals surface area contributed by atoms with E-state index < -0.39 is 11.4 Å². The van der Waals surface area contributed by atoms with Crippen LogP contribution in [0.4, 0.5) is 0 Å². The molecule has 0 spiro atoms. The lowest BCUT2D eigenvalue weighted by Gasteiger charge is -2.38. The number of aromatic nitrogens is 2. The molecule has 0 aliphatic heterocycles. The van der Waals surface area contributed by atoms with Crippen molar-refractivity contribution < 1.29 is 9.90 Å². The lowest BCUT2D eigenvalue weighted by atomic mass is 9.64. The summed E-state index contributed by atoms with van der Waals surface area (Å²) in [6, 6.07) is 9.83. The molecule has 0 unspecified atom stereocenters. The SMILES string of the molecule is O=C(O)C1(c2ccc3[nH]c4ncccc4c3c2)CCC1. The molecule has 0 amide bonds. The summed E-state index contributed by atoms with van der Waals surface area (Å²) in [5.41, 5.74) is 2.08. The number of rotatable bonds is 2. The topological polar surface area (TPSA) is 66.0 Å². The van der Waals surface area contributed by atoms with Gasteiger partial charge in [-0.25, -0.2) is 4.98 Å². The van der Waals surface area contributed by atoms with Gasteiger partial charge in [-0.15, -0.1) is 0 Å². The van der Waals surface area contributed by atoms with Crippen LogP contribution in [0.15, 0.2) is 36.5 Å². The standard InChI is InChI=1S/C16H14N2O2/c19-15(20)16(6-2-7-16)10-4-5-13-12(9-10)11-3-1-8-17-14(11)18-13/h1,3-5,8-9H,2,6-7H2,(H,17,18)(H,19,20). The van der Waals surface area contributed by atoms with Crippen LogP contribution in [-0.4, -0.2) is 21.0 Å². The molecule has 0 saturated heterocycles. The summed E-state index contributed by atoms with van der Waals surface area (Å²) in [4.78, 5) is 19.2. The van der Waals surface area contributed by atoms with E-state index in [4.69, 9.17) is 0 Å². The molecule has 1 aliphatic rings. The highest BCUT2D eigenvalue weighted by atomic mass is 16.4. The molecule has 2 heterocycles. The summed E-state index contributed by atoms with van der Waals surface area (Å²) >= 11 is 0. The summed E-state index contributed by atoms with van der Waals surface area (Å²) in [5, 5.41) is 11.7. The van der Waals surface area contributed by atoms with Gasteiger partial charge in [0.05, 0.1) is 5.41 Å². The number of pyridine rings is 1. The Morgan fingerprint density at radius 1 is 1.25 bits per heavy atom. The molecule has 1 fully saturated rings. The minimum Gasteiger partial charge on any atom is -0.481 e. The van der Waals surface area contributed by atoms with Crippen molar-refractivity contribution in [3.8, 4) is 0 Å². The first-order valence-electron chi connectivity index (χ1n) is 6.81. The van der Waals surface area contributed by atoms with Crippen molar-refractivity contribution in [2.75, 3.05) is 0 Å². The number of hydrogen-bond donors (Lipinski definition) is 2. The van der Waals surface area contributed by atoms with Crippen molar-refractivity contribution in [3.05, 3.63) is 42.1 Å². The molecule has 1 aliphatic carbocycles. The number of benzene rings is 1. The number of H-pyrrole nitrogens is 1. The van der Waals surface area contributed by atoms with Crippen molar-refractivity contribution in [2.24, 2.45) is 0 Å². The Morgan fingerprint density at radius 3 is 2.80 bits per heavy atom. The Kier molecular flexibility index (Phi) is 2.19. The fourth-order valence-corrected chi connectivity index (χ4v) is 3.18. The van der Waals surface area contributed by atoms with Crippen LogP contribution in [0, 0.1) is 0 Å². The fourth-order valence-electron chi connectivity index (χ4n) is 3.18. The number of nitrogens with one attached hydrogen (secondary N) is 1. The molecule has 100 valence electrons. The normalized spacial score (nSPS) is 17.2. The number of carboxylic acid groups (broad SMARTS) is 1. The zero-order valence-corrected chi connectivity index (χ0v) is 10.9. The fraction of sp³-hybridized carbons (Fsp3) is 0.250. The smallest absolute Gasteiger partial charge is 0.314 e. The van der Waals surface area contributed by atoms with Gasteiger partial charge in [0.1, 0.15) is 5.65 Å². The first kappa shape index (κ1) is 11.5. The average molecular weight is 266 g/mol. The van der Waals surface area contributed by atoms with Gasteiger partial charge >= 0.3 is 5.97 Å². The molecule has 2 aromatic heterocycles. The third kappa shape index (κ3) is 1.36. The third-order valence-corrected chi connectivity index (χ3v) is 4.54. The summed E-state index contributed by atoms with van der Waals surface area (Å²) in [7, 11) is 0. The van der Waals surface area contributed by atoms with Gasteiger partial charge in [0.25, 0.3) is 0 Å². The van der Waals surface area contributed by atoms with E-state index in [0.29, 0.717) is 0 Å². The second-order valence-corrected chi connectivity index (χ2v) is 5.53. The van der Waals surface area contributed by atoms with Crippen LogP contribution in [0.1, 0.15) is 24.8 Å². The van der Waals surface area contributed by atoms with Crippen molar-refractivity contribution in [1.29, 1.82) is 0 Å². The molecule has 0 bridgehead atoms. The van der Waals surface area contributed by atoms with Crippen LogP contribution in [0.5, 0.6) is 0 Å². The largest absolute Gasteiger partial charge is 0.481 e. The average Bonchev–Trinajstić information content (AvgIpc) is 2.75. The summed E-state index contributed by atoms with van der Waals surface area (Å²) < 4.78 is 0. The summed E-state index contributed by atoms with van der Waals surface area (Å²) in [6.45, 7) is 0. The number of aromatic amines is 1. The molecular weight excluding hydrogens is 252 g/mol. The second kappa shape index (κ2) is 3.82. The Bertz CT molecular complexity index is 831. The number of nitrogens with zero attached hydrogens (tertiary/aromatic N) is 1. The van der Waals surface area contributed by atoms with Crippen LogP contribution in [0.25, 0.3) is 21.9 Å². The Balaban J connectivity index is 1.98. The van der Waals surface area contributed by atoms with Crippen molar-refractivity contribution in [1.82, 2.24) is 9.97 Å². The number of fused-ring (bicyclic) bond motifs is 3. The van der Waals surface area contributed by atoms with Gasteiger partial charge in [-0.1, -0.05) is 12.5 Å². The molecule has 1 aromatic carbocycles. The molecule has 3 aromatic rings.